The fraction of sp³-hybridized carbons (Fsp3) is 0.841. The van der Waals surface area contributed by atoms with Crippen molar-refractivity contribution in [2.24, 2.45) is 17.8 Å². The molecule has 31 nitrogen and oxygen atoms in total. The molecule has 27 atom stereocenters. The van der Waals surface area contributed by atoms with Crippen LogP contribution in [-0.4, -0.2) is 350 Å². The summed E-state index contributed by atoms with van der Waals surface area (Å²) in [7, 11) is 12.8. The number of likely N-dealkylation sites (N-methyl/N-ethyl adjacent to an activating group) is 6. The predicted molar refractivity (Wildman–Crippen MR) is 396 cm³/mol. The number of likely N-dealkylation sites (tertiary alicyclic amines) is 3. The van der Waals surface area contributed by atoms with Crippen LogP contribution in [0.5, 0.6) is 0 Å². The number of aliphatic hydroxyl groups excluding tert-OH is 9. The van der Waals surface area contributed by atoms with Crippen LogP contribution in [0.3, 0.4) is 0 Å². The number of nitrogens with one attached hydrogen (secondary N) is 6. The van der Waals surface area contributed by atoms with Gasteiger partial charge in [-0.1, -0.05) is 58.2 Å². The maximum Gasteiger partial charge on any atom is 0.273 e. The molecule has 1 aromatic carbocycles. The molecule has 0 spiro atoms. The zero-order chi connectivity index (χ0) is 77.0. The van der Waals surface area contributed by atoms with Crippen molar-refractivity contribution in [2.45, 2.75) is 250 Å². The smallest absolute Gasteiger partial charge is 0.273 e. The van der Waals surface area contributed by atoms with Crippen molar-refractivity contribution in [1.29, 1.82) is 0 Å². The second kappa shape index (κ2) is 42.9. The summed E-state index contributed by atoms with van der Waals surface area (Å²) in [6.07, 6.45) is -1.82. The van der Waals surface area contributed by atoms with Crippen LogP contribution in [0.4, 0.5) is 5.69 Å². The summed E-state index contributed by atoms with van der Waals surface area (Å²) in [4.78, 5) is 85.5. The number of rotatable bonds is 31. The summed E-state index contributed by atoms with van der Waals surface area (Å²) < 4.78 is 17.9. The average molecular weight is 1520 g/mol. The van der Waals surface area contributed by atoms with Gasteiger partial charge in [0, 0.05) is 55.9 Å². The molecule has 0 aliphatic carbocycles. The number of amides is 5. The van der Waals surface area contributed by atoms with E-state index >= 15 is 0 Å². The van der Waals surface area contributed by atoms with E-state index in [1.165, 1.54) is 41.4 Å². The van der Waals surface area contributed by atoms with Crippen molar-refractivity contribution in [1.82, 2.24) is 56.4 Å². The molecule has 6 heterocycles. The van der Waals surface area contributed by atoms with Gasteiger partial charge in [-0.25, -0.2) is 0 Å². The lowest BCUT2D eigenvalue weighted by atomic mass is 9.90. The number of para-hydroxylation sites is 1. The average Bonchev–Trinajstić information content (AvgIpc) is 0.878. The zero-order valence-electron chi connectivity index (χ0n) is 63.0. The number of nitro benzene ring substituents is 1. The highest BCUT2D eigenvalue weighted by atomic mass is 32.2. The molecule has 0 bridgehead atoms. The summed E-state index contributed by atoms with van der Waals surface area (Å²) in [6, 6.07) is 1.46. The van der Waals surface area contributed by atoms with E-state index in [0.717, 1.165) is 77.4 Å². The molecule has 592 valence electrons. The molecule has 6 fully saturated rings. The molecule has 1 aromatic rings. The Balaban J connectivity index is 0.000000279. The van der Waals surface area contributed by atoms with Gasteiger partial charge in [0.25, 0.3) is 5.69 Å². The number of nitro groups is 1. The molecule has 6 saturated heterocycles. The van der Waals surface area contributed by atoms with Gasteiger partial charge in [0.1, 0.15) is 89.6 Å². The van der Waals surface area contributed by atoms with E-state index < -0.39 is 131 Å². The Bertz CT molecular complexity index is 2800. The van der Waals surface area contributed by atoms with E-state index in [2.05, 4.69) is 52.7 Å². The number of nitrogens with zero attached hydrogens (tertiary/aromatic N) is 6. The molecule has 0 aromatic heterocycles. The molecular weight excluding hydrogens is 1400 g/mol. The number of aliphatic hydroxyl groups is 9. The van der Waals surface area contributed by atoms with Gasteiger partial charge < -0.3 is 97.0 Å². The maximum absolute atomic E-state index is 13.6. The Kier molecular flexibility index (Phi) is 37.4. The van der Waals surface area contributed by atoms with Gasteiger partial charge in [-0.2, -0.15) is 0 Å². The second-order valence-corrected chi connectivity index (χ2v) is 32.0. The Morgan fingerprint density at radius 2 is 0.883 bits per heavy atom. The summed E-state index contributed by atoms with van der Waals surface area (Å²) in [5.41, 5.74) is -1.84. The Morgan fingerprint density at radius 1 is 0.544 bits per heavy atom. The van der Waals surface area contributed by atoms with Gasteiger partial charge in [0.15, 0.2) is 0 Å². The van der Waals surface area contributed by atoms with Gasteiger partial charge in [-0.3, -0.25) is 53.7 Å². The number of carbonyl (C=O) groups is 5. The van der Waals surface area contributed by atoms with Crippen molar-refractivity contribution in [3.05, 3.63) is 39.9 Å². The summed E-state index contributed by atoms with van der Waals surface area (Å²) >= 11 is 3.62. The van der Waals surface area contributed by atoms with Gasteiger partial charge in [0.2, 0.25) is 29.5 Å². The van der Waals surface area contributed by atoms with Crippen molar-refractivity contribution in [3.63, 3.8) is 0 Å². The molecule has 6 aliphatic heterocycles. The number of ether oxygens (including phenoxy) is 3. The highest BCUT2D eigenvalue weighted by Gasteiger charge is 2.53. The van der Waals surface area contributed by atoms with E-state index in [9.17, 15) is 80.0 Å². The van der Waals surface area contributed by atoms with Crippen molar-refractivity contribution >= 4 is 70.5 Å². The SMILES string of the molecule is CCC[C@@H]1C[C@@H](C(=O)N[C@@H]([C@H]2OC(SC)[C@H](O)[C@H](O)C2O)[C@H](C)N(C)Cc2ccccc2[N+](=O)[O-])N(C)C1.CCC[C@@H]1C[C@@H](C(=O)N[C@H]([C@H](C)NC(=O)CN(C)C)[C@H]2OC(SC)[C@H](O)[C@H](O)C2O)N(C)C1.CCC[C@@H]1C[C@@H](C(=O)N[C@H]([C@H](C)NC(=O)CNC)[C@H]2OC(SC)[C@H](O)[C@H](O)C2O)N(C)C1. The second-order valence-electron chi connectivity index (χ2n) is 29.2. The standard InChI is InChI=1S/C26H42N4O7S.C22H42N4O6S.C21H40N4O6S/c1-6-9-16-12-19(29(4)13-16)25(34)27-20(24-22(32)21(31)23(33)26(37-24)38-5)15(2)28(3)14-17-10-7-8-11-18(17)30(35)36;1-7-8-13-9-14(26(5)10-13)21(31)24-16(12(2)23-15(27)11-25(3)4)20-18(29)17(28)19(30)22(32-20)33-6;1-6-7-12-8-13(25(4)10-12)20(30)24-15(11(2)23-14(26)9-22-3)19-17(28)16(27)18(29)21(31-19)32-5/h7-8,10-11,15-16,19-24,26,31-33H,6,9,12-14H2,1-5H3,(H,27,34);12-14,16-20,22,28-30H,7-11H2,1-6H3,(H,23,27)(H,24,31);11-13,15-19,21-22,27-29H,6-10H2,1-5H3,(H,23,26)(H,24,30)/t15-,16+,19-,20+,21+,22?,23+,24+,26?;12-,13+,14-,16+,17+,18?,19+,20+,22?;11-,12+,13-,15+,16+,17?,18+,19+,21?/m000/s1. The first kappa shape index (κ1) is 89.9. The number of hydrogen-bond acceptors (Lipinski definition) is 28. The molecule has 0 saturated carbocycles. The third kappa shape index (κ3) is 24.4. The van der Waals surface area contributed by atoms with E-state index in [1.54, 1.807) is 83.9 Å². The van der Waals surface area contributed by atoms with E-state index in [0.29, 0.717) is 23.3 Å². The highest BCUT2D eigenvalue weighted by molar-refractivity contribution is 7.99. The fourth-order valence-electron chi connectivity index (χ4n) is 15.2. The summed E-state index contributed by atoms with van der Waals surface area (Å²) in [5, 5.41) is 124. The van der Waals surface area contributed by atoms with Crippen LogP contribution in [0.15, 0.2) is 24.3 Å². The molecule has 34 heteroatoms. The number of benzene rings is 1. The van der Waals surface area contributed by atoms with E-state index in [1.807, 2.05) is 47.7 Å². The highest BCUT2D eigenvalue weighted by Crippen LogP contribution is 2.36. The maximum atomic E-state index is 13.6. The largest absolute Gasteiger partial charge is 0.388 e. The van der Waals surface area contributed by atoms with Crippen LogP contribution in [0.1, 0.15) is 105 Å². The Hall–Kier alpha value is -3.70. The first-order valence-corrected chi connectivity index (χ1v) is 40.0. The first-order chi connectivity index (χ1) is 48.6. The quantitative estimate of drug-likeness (QED) is 0.0297. The van der Waals surface area contributed by atoms with E-state index in [4.69, 9.17) is 14.2 Å². The summed E-state index contributed by atoms with van der Waals surface area (Å²) in [5.74, 6) is 0.205. The molecule has 15 N–H and O–H groups in total. The number of carbonyl (C=O) groups excluding carboxylic acids is 5. The Morgan fingerprint density at radius 3 is 1.21 bits per heavy atom. The molecule has 6 aliphatic rings. The molecule has 0 radical (unpaired) electrons. The zero-order valence-corrected chi connectivity index (χ0v) is 65.5. The number of hydrogen-bond donors (Lipinski definition) is 15. The van der Waals surface area contributed by atoms with Crippen LogP contribution in [0.25, 0.3) is 0 Å². The predicted octanol–water partition coefficient (Wildman–Crippen LogP) is -1.49. The Labute approximate surface area is 621 Å². The van der Waals surface area contributed by atoms with Gasteiger partial charge in [0.05, 0.1) is 54.3 Å². The van der Waals surface area contributed by atoms with Gasteiger partial charge in [-0.05, 0) is 145 Å². The third-order valence-electron chi connectivity index (χ3n) is 20.9. The van der Waals surface area contributed by atoms with Crippen molar-refractivity contribution < 1.29 is 89.1 Å². The molecule has 103 heavy (non-hydrogen) atoms. The molecular formula is C69H124N12O19S3. The van der Waals surface area contributed by atoms with E-state index in [-0.39, 0.29) is 73.0 Å². The van der Waals surface area contributed by atoms with Crippen LogP contribution >= 0.6 is 35.3 Å². The summed E-state index contributed by atoms with van der Waals surface area (Å²) in [6.45, 7) is 14.7. The lowest BCUT2D eigenvalue weighted by molar-refractivity contribution is -0.385. The van der Waals surface area contributed by atoms with Crippen LogP contribution in [-0.2, 0) is 44.7 Å². The minimum atomic E-state index is -1.46. The normalized spacial score (nSPS) is 33.8. The van der Waals surface area contributed by atoms with Crippen LogP contribution < -0.4 is 31.9 Å². The minimum Gasteiger partial charge on any atom is -0.388 e. The van der Waals surface area contributed by atoms with Crippen LogP contribution in [0.2, 0.25) is 0 Å². The first-order valence-electron chi connectivity index (χ1n) is 36.1. The molecule has 7 rings (SSSR count). The third-order valence-corrected chi connectivity index (χ3v) is 23.4. The van der Waals surface area contributed by atoms with Crippen LogP contribution in [0, 0.1) is 27.9 Å². The van der Waals surface area contributed by atoms with Crippen molar-refractivity contribution in [2.75, 3.05) is 101 Å². The fourth-order valence-corrected chi connectivity index (χ4v) is 17.2. The molecule has 6 unspecified atom stereocenters. The monoisotopic (exact) mass is 1520 g/mol. The lowest BCUT2D eigenvalue weighted by Crippen LogP contribution is -2.67. The molecule has 5 amide bonds. The lowest BCUT2D eigenvalue weighted by Gasteiger charge is -2.46. The van der Waals surface area contributed by atoms with Gasteiger partial charge >= 0.3 is 0 Å². The van der Waals surface area contributed by atoms with Gasteiger partial charge in [-0.15, -0.1) is 35.3 Å². The number of thioether (sulfide) groups is 3. The topological polar surface area (TPSA) is 427 Å². The van der Waals surface area contributed by atoms with Crippen molar-refractivity contribution in [3.8, 4) is 0 Å². The minimum absolute atomic E-state index is 0.00313.